The third kappa shape index (κ3) is 2.89. The van der Waals surface area contributed by atoms with Crippen LogP contribution >= 0.6 is 23.1 Å². The summed E-state index contributed by atoms with van der Waals surface area (Å²) in [6.45, 7) is 0.521. The van der Waals surface area contributed by atoms with E-state index in [9.17, 15) is 4.39 Å². The van der Waals surface area contributed by atoms with Gasteiger partial charge >= 0.3 is 0 Å². The molecule has 0 saturated carbocycles. The summed E-state index contributed by atoms with van der Waals surface area (Å²) < 4.78 is 21.7. The number of para-hydroxylation sites is 1. The van der Waals surface area contributed by atoms with Crippen LogP contribution in [0.5, 0.6) is 5.75 Å². The maximum absolute atomic E-state index is 12.8. The van der Waals surface area contributed by atoms with Crippen LogP contribution in [0.4, 0.5) is 4.39 Å². The van der Waals surface area contributed by atoms with Crippen LogP contribution in [-0.4, -0.2) is 27.0 Å². The highest BCUT2D eigenvalue weighted by Crippen LogP contribution is 2.29. The molecule has 0 aliphatic rings. The van der Waals surface area contributed by atoms with Gasteiger partial charge in [0.15, 0.2) is 5.16 Å². The molecule has 23 heavy (non-hydrogen) atoms. The highest BCUT2D eigenvalue weighted by atomic mass is 32.2. The van der Waals surface area contributed by atoms with Crippen molar-refractivity contribution in [2.75, 3.05) is 12.4 Å². The molecule has 0 aliphatic heterocycles. The van der Waals surface area contributed by atoms with Gasteiger partial charge in [-0.15, -0.1) is 10.2 Å². The van der Waals surface area contributed by atoms with Crippen molar-refractivity contribution in [3.63, 3.8) is 0 Å². The number of ether oxygens (including phenoxy) is 1. The van der Waals surface area contributed by atoms with Crippen molar-refractivity contribution in [2.45, 2.75) is 5.16 Å². The largest absolute Gasteiger partial charge is 0.493 e. The standard InChI is InChI=1S/C16H12FN3OS2/c17-11-5-7-12(8-6-11)21-9-10-22-15-18-19-16-20(15)13-3-1-2-4-14(13)23-16/h1-8H,9-10H2. The highest BCUT2D eigenvalue weighted by molar-refractivity contribution is 7.99. The van der Waals surface area contributed by atoms with Gasteiger partial charge < -0.3 is 4.74 Å². The Hall–Kier alpha value is -2.12. The summed E-state index contributed by atoms with van der Waals surface area (Å²) in [4.78, 5) is 0.896. The minimum atomic E-state index is -0.262. The van der Waals surface area contributed by atoms with Crippen LogP contribution in [0, 0.1) is 5.82 Å². The van der Waals surface area contributed by atoms with E-state index in [0.29, 0.717) is 12.4 Å². The van der Waals surface area contributed by atoms with Gasteiger partial charge in [-0.2, -0.15) is 0 Å². The monoisotopic (exact) mass is 345 g/mol. The number of fused-ring (bicyclic) bond motifs is 3. The fourth-order valence-electron chi connectivity index (χ4n) is 2.27. The van der Waals surface area contributed by atoms with Gasteiger partial charge in [0.1, 0.15) is 11.6 Å². The molecule has 0 aliphatic carbocycles. The highest BCUT2D eigenvalue weighted by Gasteiger charge is 2.12. The second kappa shape index (κ2) is 6.17. The molecule has 0 unspecified atom stereocenters. The first-order valence-electron chi connectivity index (χ1n) is 7.05. The molecule has 0 amide bonds. The van der Waals surface area contributed by atoms with E-state index in [0.717, 1.165) is 21.4 Å². The van der Waals surface area contributed by atoms with Gasteiger partial charge in [0, 0.05) is 5.75 Å². The van der Waals surface area contributed by atoms with Crippen molar-refractivity contribution in [1.29, 1.82) is 0 Å². The molecule has 0 fully saturated rings. The van der Waals surface area contributed by atoms with Gasteiger partial charge in [0.2, 0.25) is 4.96 Å². The summed E-state index contributed by atoms with van der Waals surface area (Å²) in [6.07, 6.45) is 0. The van der Waals surface area contributed by atoms with Crippen LogP contribution in [0.25, 0.3) is 15.2 Å². The van der Waals surface area contributed by atoms with E-state index >= 15 is 0 Å². The molecule has 0 bridgehead atoms. The fourth-order valence-corrected chi connectivity index (χ4v) is 4.06. The molecular formula is C16H12FN3OS2. The Morgan fingerprint density at radius 3 is 2.78 bits per heavy atom. The molecule has 0 saturated heterocycles. The average Bonchev–Trinajstić information content (AvgIpc) is 3.13. The number of hydrogen-bond donors (Lipinski definition) is 0. The lowest BCUT2D eigenvalue weighted by Gasteiger charge is -2.05. The van der Waals surface area contributed by atoms with E-state index in [2.05, 4.69) is 26.7 Å². The molecule has 7 heteroatoms. The first-order chi connectivity index (χ1) is 11.3. The Kier molecular flexibility index (Phi) is 3.88. The Labute approximate surface area is 139 Å². The van der Waals surface area contributed by atoms with Crippen LogP contribution < -0.4 is 4.74 Å². The van der Waals surface area contributed by atoms with E-state index in [1.807, 2.05) is 12.1 Å². The molecule has 0 radical (unpaired) electrons. The molecule has 116 valence electrons. The lowest BCUT2D eigenvalue weighted by Crippen LogP contribution is -2.01. The minimum Gasteiger partial charge on any atom is -0.493 e. The molecule has 2 heterocycles. The molecule has 2 aromatic heterocycles. The number of rotatable bonds is 5. The fraction of sp³-hybridized carbons (Fsp3) is 0.125. The summed E-state index contributed by atoms with van der Waals surface area (Å²) in [5.41, 5.74) is 1.12. The van der Waals surface area contributed by atoms with Gasteiger partial charge in [-0.25, -0.2) is 4.39 Å². The predicted molar refractivity (Wildman–Crippen MR) is 91.0 cm³/mol. The number of nitrogens with zero attached hydrogens (tertiary/aromatic N) is 3. The lowest BCUT2D eigenvalue weighted by atomic mass is 10.3. The van der Waals surface area contributed by atoms with E-state index in [1.54, 1.807) is 35.2 Å². The normalized spacial score (nSPS) is 11.3. The Bertz CT molecular complexity index is 949. The molecule has 2 aromatic carbocycles. The quantitative estimate of drug-likeness (QED) is 0.400. The molecular weight excluding hydrogens is 333 g/mol. The molecule has 0 spiro atoms. The van der Waals surface area contributed by atoms with Gasteiger partial charge in [-0.05, 0) is 36.4 Å². The summed E-state index contributed by atoms with van der Waals surface area (Å²) in [7, 11) is 0. The van der Waals surface area contributed by atoms with Gasteiger partial charge in [0.25, 0.3) is 0 Å². The molecule has 0 atom stereocenters. The molecule has 4 rings (SSSR count). The minimum absolute atomic E-state index is 0.262. The van der Waals surface area contributed by atoms with E-state index in [1.165, 1.54) is 16.8 Å². The number of thiazole rings is 1. The Morgan fingerprint density at radius 2 is 1.91 bits per heavy atom. The zero-order valence-electron chi connectivity index (χ0n) is 12.0. The third-order valence-electron chi connectivity index (χ3n) is 3.31. The SMILES string of the molecule is Fc1ccc(OCCSc2nnc3sc4ccccc4n23)cc1. The number of halogens is 1. The van der Waals surface area contributed by atoms with Crippen LogP contribution in [0.1, 0.15) is 0 Å². The number of aromatic nitrogens is 3. The number of hydrogen-bond acceptors (Lipinski definition) is 5. The van der Waals surface area contributed by atoms with Crippen molar-refractivity contribution in [3.05, 3.63) is 54.3 Å². The summed E-state index contributed by atoms with van der Waals surface area (Å²) in [6, 6.07) is 14.2. The maximum atomic E-state index is 12.8. The topological polar surface area (TPSA) is 39.4 Å². The van der Waals surface area contributed by atoms with Crippen LogP contribution in [0.2, 0.25) is 0 Å². The first kappa shape index (κ1) is 14.5. The van der Waals surface area contributed by atoms with E-state index in [-0.39, 0.29) is 5.82 Å². The maximum Gasteiger partial charge on any atom is 0.217 e. The van der Waals surface area contributed by atoms with E-state index in [4.69, 9.17) is 4.74 Å². The van der Waals surface area contributed by atoms with Gasteiger partial charge in [-0.3, -0.25) is 4.40 Å². The Morgan fingerprint density at radius 1 is 1.09 bits per heavy atom. The van der Waals surface area contributed by atoms with E-state index < -0.39 is 0 Å². The number of thioether (sulfide) groups is 1. The van der Waals surface area contributed by atoms with Crippen molar-refractivity contribution < 1.29 is 9.13 Å². The van der Waals surface area contributed by atoms with Gasteiger partial charge in [0.05, 0.1) is 16.8 Å². The van der Waals surface area contributed by atoms with Crippen molar-refractivity contribution in [3.8, 4) is 5.75 Å². The molecule has 0 N–H and O–H groups in total. The van der Waals surface area contributed by atoms with Crippen molar-refractivity contribution in [2.24, 2.45) is 0 Å². The van der Waals surface area contributed by atoms with Crippen molar-refractivity contribution >= 4 is 38.3 Å². The average molecular weight is 345 g/mol. The lowest BCUT2D eigenvalue weighted by molar-refractivity contribution is 0.343. The summed E-state index contributed by atoms with van der Waals surface area (Å²) >= 11 is 3.22. The summed E-state index contributed by atoms with van der Waals surface area (Å²) in [5, 5.41) is 9.33. The summed E-state index contributed by atoms with van der Waals surface area (Å²) in [5.74, 6) is 1.14. The zero-order valence-corrected chi connectivity index (χ0v) is 13.6. The smallest absolute Gasteiger partial charge is 0.217 e. The number of benzene rings is 2. The Balaban J connectivity index is 1.45. The van der Waals surface area contributed by atoms with Crippen LogP contribution in [-0.2, 0) is 0 Å². The second-order valence-corrected chi connectivity index (χ2v) is 6.89. The van der Waals surface area contributed by atoms with Gasteiger partial charge in [-0.1, -0.05) is 35.2 Å². The first-order valence-corrected chi connectivity index (χ1v) is 8.85. The van der Waals surface area contributed by atoms with Crippen LogP contribution in [0.3, 0.4) is 0 Å². The van der Waals surface area contributed by atoms with Crippen LogP contribution in [0.15, 0.2) is 53.7 Å². The molecule has 4 aromatic rings. The molecule has 4 nitrogen and oxygen atoms in total. The second-order valence-electron chi connectivity index (χ2n) is 4.82. The third-order valence-corrected chi connectivity index (χ3v) is 5.21. The predicted octanol–water partition coefficient (Wildman–Crippen LogP) is 4.25. The van der Waals surface area contributed by atoms with Crippen molar-refractivity contribution in [1.82, 2.24) is 14.6 Å². The zero-order chi connectivity index (χ0) is 15.6.